The molecule has 0 radical (unpaired) electrons. The third kappa shape index (κ3) is 5.75. The number of rotatable bonds is 7. The normalized spacial score (nSPS) is 11.5. The van der Waals surface area contributed by atoms with Gasteiger partial charge in [0.15, 0.2) is 0 Å². The predicted octanol–water partition coefficient (Wildman–Crippen LogP) is 5.25. The average molecular weight is 459 g/mol. The molecule has 31 heavy (non-hydrogen) atoms. The first-order chi connectivity index (χ1) is 14.9. The van der Waals surface area contributed by atoms with Crippen molar-refractivity contribution in [3.05, 3.63) is 93.2 Å². The van der Waals surface area contributed by atoms with E-state index >= 15 is 0 Å². The number of hydrogen-bond donors (Lipinski definition) is 1. The molecular formula is C23H20Cl2N2O4. The van der Waals surface area contributed by atoms with E-state index in [9.17, 15) is 9.59 Å². The molecule has 1 amide bonds. The van der Waals surface area contributed by atoms with Crippen LogP contribution in [-0.4, -0.2) is 24.0 Å². The van der Waals surface area contributed by atoms with Crippen LogP contribution in [0, 0.1) is 0 Å². The summed E-state index contributed by atoms with van der Waals surface area (Å²) in [5.74, 6) is -0.320. The number of benzene rings is 2. The van der Waals surface area contributed by atoms with Gasteiger partial charge in [0.1, 0.15) is 12.4 Å². The maximum absolute atomic E-state index is 13.0. The van der Waals surface area contributed by atoms with Crippen molar-refractivity contribution in [3.63, 3.8) is 0 Å². The molecular weight excluding hydrogens is 439 g/mol. The third-order valence-corrected chi connectivity index (χ3v) is 4.98. The molecule has 8 heteroatoms. The van der Waals surface area contributed by atoms with Crippen LogP contribution in [0.25, 0.3) is 0 Å². The van der Waals surface area contributed by atoms with Crippen LogP contribution in [0.15, 0.2) is 60.8 Å². The molecule has 0 aliphatic rings. The van der Waals surface area contributed by atoms with Crippen molar-refractivity contribution in [2.75, 3.05) is 7.11 Å². The second-order valence-electron chi connectivity index (χ2n) is 6.67. The molecule has 0 unspecified atom stereocenters. The maximum Gasteiger partial charge on any atom is 0.338 e. The number of methoxy groups -OCH3 is 1. The number of nitrogens with zero attached hydrogens (tertiary/aromatic N) is 1. The number of pyridine rings is 1. The van der Waals surface area contributed by atoms with Gasteiger partial charge < -0.3 is 14.8 Å². The van der Waals surface area contributed by atoms with Gasteiger partial charge in [-0.15, -0.1) is 0 Å². The van der Waals surface area contributed by atoms with E-state index in [1.807, 2.05) is 0 Å². The summed E-state index contributed by atoms with van der Waals surface area (Å²) in [4.78, 5) is 29.3. The predicted molar refractivity (Wildman–Crippen MR) is 119 cm³/mol. The Morgan fingerprint density at radius 2 is 1.81 bits per heavy atom. The molecule has 0 saturated heterocycles. The summed E-state index contributed by atoms with van der Waals surface area (Å²) in [6, 6.07) is 14.9. The van der Waals surface area contributed by atoms with E-state index in [2.05, 4.69) is 10.3 Å². The van der Waals surface area contributed by atoms with Crippen LogP contribution in [0.5, 0.6) is 5.75 Å². The van der Waals surface area contributed by atoms with E-state index in [1.54, 1.807) is 55.5 Å². The number of halogens is 2. The lowest BCUT2D eigenvalue weighted by Gasteiger charge is -2.18. The van der Waals surface area contributed by atoms with E-state index < -0.39 is 17.9 Å². The molecule has 0 fully saturated rings. The van der Waals surface area contributed by atoms with E-state index in [-0.39, 0.29) is 12.2 Å². The van der Waals surface area contributed by atoms with Crippen molar-refractivity contribution in [2.45, 2.75) is 19.6 Å². The van der Waals surface area contributed by atoms with E-state index in [0.717, 1.165) is 0 Å². The lowest BCUT2D eigenvalue weighted by Crippen LogP contribution is -2.29. The van der Waals surface area contributed by atoms with Crippen molar-refractivity contribution in [1.29, 1.82) is 0 Å². The second-order valence-corrected chi connectivity index (χ2v) is 7.54. The molecule has 0 aliphatic carbocycles. The van der Waals surface area contributed by atoms with Gasteiger partial charge in [0.25, 0.3) is 5.91 Å². The van der Waals surface area contributed by atoms with Crippen LogP contribution < -0.4 is 10.1 Å². The number of ether oxygens (including phenoxy) is 2. The SMILES string of the molecule is COC(=O)c1ccccc1[C@H](C)NC(=O)c1cc(Cl)cnc1COc1cccc(Cl)c1. The Labute approximate surface area is 190 Å². The van der Waals surface area contributed by atoms with Crippen LogP contribution in [-0.2, 0) is 11.3 Å². The lowest BCUT2D eigenvalue weighted by atomic mass is 10.0. The zero-order chi connectivity index (χ0) is 22.4. The van der Waals surface area contributed by atoms with Gasteiger partial charge in [-0.2, -0.15) is 0 Å². The number of esters is 1. The Hall–Kier alpha value is -3.09. The fraction of sp³-hybridized carbons (Fsp3) is 0.174. The van der Waals surface area contributed by atoms with Gasteiger partial charge >= 0.3 is 5.97 Å². The van der Waals surface area contributed by atoms with Gasteiger partial charge in [-0.1, -0.05) is 47.5 Å². The molecule has 0 saturated carbocycles. The van der Waals surface area contributed by atoms with Gasteiger partial charge in [0, 0.05) is 11.2 Å². The van der Waals surface area contributed by atoms with Gasteiger partial charge in [-0.3, -0.25) is 9.78 Å². The van der Waals surface area contributed by atoms with Gasteiger partial charge in [-0.25, -0.2) is 4.79 Å². The first kappa shape index (κ1) is 22.6. The summed E-state index contributed by atoms with van der Waals surface area (Å²) in [6.07, 6.45) is 1.45. The van der Waals surface area contributed by atoms with Crippen LogP contribution in [0.3, 0.4) is 0 Å². The summed E-state index contributed by atoms with van der Waals surface area (Å²) < 4.78 is 10.6. The summed E-state index contributed by atoms with van der Waals surface area (Å²) >= 11 is 12.1. The fourth-order valence-corrected chi connectivity index (χ4v) is 3.35. The number of carbonyl (C=O) groups excluding carboxylic acids is 2. The molecule has 2 aromatic carbocycles. The minimum absolute atomic E-state index is 0.0490. The molecule has 0 spiro atoms. The minimum Gasteiger partial charge on any atom is -0.487 e. The maximum atomic E-state index is 13.0. The highest BCUT2D eigenvalue weighted by Gasteiger charge is 2.21. The highest BCUT2D eigenvalue weighted by atomic mass is 35.5. The number of nitrogens with one attached hydrogen (secondary N) is 1. The number of aromatic nitrogens is 1. The van der Waals surface area contributed by atoms with Crippen LogP contribution in [0.4, 0.5) is 0 Å². The lowest BCUT2D eigenvalue weighted by molar-refractivity contribution is 0.0597. The molecule has 3 rings (SSSR count). The first-order valence-corrected chi connectivity index (χ1v) is 10.2. The number of amides is 1. The molecule has 1 aromatic heterocycles. The zero-order valence-electron chi connectivity index (χ0n) is 16.9. The quantitative estimate of drug-likeness (QED) is 0.489. The van der Waals surface area contributed by atoms with Crippen LogP contribution in [0.1, 0.15) is 44.9 Å². The van der Waals surface area contributed by atoms with E-state index in [1.165, 1.54) is 19.4 Å². The van der Waals surface area contributed by atoms with Crippen LogP contribution >= 0.6 is 23.2 Å². The molecule has 1 atom stereocenters. The standard InChI is InChI=1S/C23H20Cl2N2O4/c1-14(18-8-3-4-9-19(18)23(29)30-2)27-22(28)20-11-16(25)12-26-21(20)13-31-17-7-5-6-15(24)10-17/h3-12,14H,13H2,1-2H3,(H,27,28)/t14-/m0/s1. The summed E-state index contributed by atoms with van der Waals surface area (Å²) in [7, 11) is 1.31. The van der Waals surface area contributed by atoms with Crippen molar-refractivity contribution in [1.82, 2.24) is 10.3 Å². The number of carbonyl (C=O) groups is 2. The highest BCUT2D eigenvalue weighted by molar-refractivity contribution is 6.31. The minimum atomic E-state index is -0.475. The molecule has 1 N–H and O–H groups in total. The van der Waals surface area contributed by atoms with Gasteiger partial charge in [0.05, 0.1) is 35.0 Å². The second kappa shape index (κ2) is 10.3. The Bertz CT molecular complexity index is 1100. The topological polar surface area (TPSA) is 77.5 Å². The van der Waals surface area contributed by atoms with E-state index in [0.29, 0.717) is 32.6 Å². The molecule has 0 bridgehead atoms. The Morgan fingerprint density at radius 3 is 2.55 bits per heavy atom. The molecule has 6 nitrogen and oxygen atoms in total. The zero-order valence-corrected chi connectivity index (χ0v) is 18.4. The third-order valence-electron chi connectivity index (χ3n) is 4.53. The average Bonchev–Trinajstić information content (AvgIpc) is 2.77. The van der Waals surface area contributed by atoms with Crippen molar-refractivity contribution < 1.29 is 19.1 Å². The van der Waals surface area contributed by atoms with Crippen LogP contribution in [0.2, 0.25) is 10.0 Å². The number of hydrogen-bond acceptors (Lipinski definition) is 5. The Kier molecular flexibility index (Phi) is 7.50. The van der Waals surface area contributed by atoms with Gasteiger partial charge in [0.2, 0.25) is 0 Å². The van der Waals surface area contributed by atoms with Crippen molar-refractivity contribution in [3.8, 4) is 5.75 Å². The van der Waals surface area contributed by atoms with E-state index in [4.69, 9.17) is 32.7 Å². The molecule has 160 valence electrons. The van der Waals surface area contributed by atoms with Gasteiger partial charge in [-0.05, 0) is 42.8 Å². The molecule has 0 aliphatic heterocycles. The molecule has 3 aromatic rings. The Morgan fingerprint density at radius 1 is 1.03 bits per heavy atom. The monoisotopic (exact) mass is 458 g/mol. The fourth-order valence-electron chi connectivity index (χ4n) is 3.01. The largest absolute Gasteiger partial charge is 0.487 e. The Balaban J connectivity index is 1.80. The highest BCUT2D eigenvalue weighted by Crippen LogP contribution is 2.22. The summed E-state index contributed by atoms with van der Waals surface area (Å²) in [5, 5.41) is 3.74. The summed E-state index contributed by atoms with van der Waals surface area (Å²) in [5.41, 5.74) is 1.70. The smallest absolute Gasteiger partial charge is 0.338 e. The van der Waals surface area contributed by atoms with Crippen molar-refractivity contribution in [2.24, 2.45) is 0 Å². The van der Waals surface area contributed by atoms with Crippen molar-refractivity contribution >= 4 is 35.1 Å². The molecule has 1 heterocycles. The summed E-state index contributed by atoms with van der Waals surface area (Å²) in [6.45, 7) is 1.83. The first-order valence-electron chi connectivity index (χ1n) is 9.40.